The second kappa shape index (κ2) is 4.83. The fourth-order valence-corrected chi connectivity index (χ4v) is 2.35. The van der Waals surface area contributed by atoms with Crippen molar-refractivity contribution in [2.45, 2.75) is 32.7 Å². The first kappa shape index (κ1) is 11.4. The standard InChI is InChI=1S/C13H20N2O/c1-10(2)15-9-3-4-12(15)13(16)11-5-7-14-8-6-11/h3-4,9-11,14H,5-8H2,1-2H3. The summed E-state index contributed by atoms with van der Waals surface area (Å²) in [5.41, 5.74) is 0.877. The third kappa shape index (κ3) is 2.19. The molecule has 1 saturated heterocycles. The highest BCUT2D eigenvalue weighted by molar-refractivity contribution is 5.96. The summed E-state index contributed by atoms with van der Waals surface area (Å²) >= 11 is 0. The number of nitrogens with one attached hydrogen (secondary N) is 1. The molecular formula is C13H20N2O. The maximum absolute atomic E-state index is 12.3. The van der Waals surface area contributed by atoms with E-state index in [9.17, 15) is 4.79 Å². The van der Waals surface area contributed by atoms with E-state index in [0.29, 0.717) is 11.8 Å². The molecule has 1 aliphatic rings. The number of ketones is 1. The van der Waals surface area contributed by atoms with Crippen LogP contribution in [-0.4, -0.2) is 23.4 Å². The SMILES string of the molecule is CC(C)n1cccc1C(=O)C1CCNCC1. The van der Waals surface area contributed by atoms with Crippen molar-refractivity contribution in [2.75, 3.05) is 13.1 Å². The molecule has 2 heterocycles. The van der Waals surface area contributed by atoms with Crippen LogP contribution < -0.4 is 5.32 Å². The minimum atomic E-state index is 0.216. The van der Waals surface area contributed by atoms with Gasteiger partial charge < -0.3 is 9.88 Å². The first-order chi connectivity index (χ1) is 7.70. The molecule has 0 saturated carbocycles. The van der Waals surface area contributed by atoms with E-state index in [0.717, 1.165) is 31.6 Å². The Balaban J connectivity index is 2.16. The Labute approximate surface area is 96.8 Å². The minimum Gasteiger partial charge on any atom is -0.343 e. The minimum absolute atomic E-state index is 0.216. The summed E-state index contributed by atoms with van der Waals surface area (Å²) in [6.45, 7) is 6.16. The normalized spacial score (nSPS) is 17.9. The van der Waals surface area contributed by atoms with Crippen molar-refractivity contribution in [1.29, 1.82) is 0 Å². The molecule has 0 aliphatic carbocycles. The van der Waals surface area contributed by atoms with Crippen molar-refractivity contribution in [3.63, 3.8) is 0 Å². The van der Waals surface area contributed by atoms with Crippen LogP contribution in [0.3, 0.4) is 0 Å². The summed E-state index contributed by atoms with van der Waals surface area (Å²) in [5, 5.41) is 3.29. The maximum atomic E-state index is 12.3. The van der Waals surface area contributed by atoms with E-state index in [1.165, 1.54) is 0 Å². The molecular weight excluding hydrogens is 200 g/mol. The summed E-state index contributed by atoms with van der Waals surface area (Å²) in [6, 6.07) is 4.27. The quantitative estimate of drug-likeness (QED) is 0.793. The number of Topliss-reactive ketones (excluding diaryl/α,β-unsaturated/α-hetero) is 1. The predicted molar refractivity (Wildman–Crippen MR) is 64.7 cm³/mol. The summed E-state index contributed by atoms with van der Waals surface area (Å²) in [7, 11) is 0. The topological polar surface area (TPSA) is 34.0 Å². The molecule has 0 aromatic carbocycles. The van der Waals surface area contributed by atoms with Crippen molar-refractivity contribution in [2.24, 2.45) is 5.92 Å². The van der Waals surface area contributed by atoms with Crippen LogP contribution in [0.25, 0.3) is 0 Å². The summed E-state index contributed by atoms with van der Waals surface area (Å²) in [5.74, 6) is 0.536. The lowest BCUT2D eigenvalue weighted by Gasteiger charge is -2.22. The van der Waals surface area contributed by atoms with Gasteiger partial charge in [-0.3, -0.25) is 4.79 Å². The second-order valence-electron chi connectivity index (χ2n) is 4.78. The van der Waals surface area contributed by atoms with Gasteiger partial charge in [-0.05, 0) is 51.9 Å². The number of aromatic nitrogens is 1. The van der Waals surface area contributed by atoms with Crippen molar-refractivity contribution in [3.05, 3.63) is 24.0 Å². The molecule has 1 aromatic heterocycles. The van der Waals surface area contributed by atoms with Gasteiger partial charge in [0.05, 0.1) is 5.69 Å². The van der Waals surface area contributed by atoms with Gasteiger partial charge in [0.25, 0.3) is 0 Å². The lowest BCUT2D eigenvalue weighted by Crippen LogP contribution is -2.32. The lowest BCUT2D eigenvalue weighted by molar-refractivity contribution is 0.0884. The molecule has 0 radical (unpaired) electrons. The zero-order chi connectivity index (χ0) is 11.5. The van der Waals surface area contributed by atoms with Gasteiger partial charge in [0.2, 0.25) is 0 Å². The van der Waals surface area contributed by atoms with Crippen LogP contribution in [0.5, 0.6) is 0 Å². The Kier molecular flexibility index (Phi) is 3.44. The Bertz CT molecular complexity index is 362. The molecule has 0 atom stereocenters. The van der Waals surface area contributed by atoms with Gasteiger partial charge in [0.15, 0.2) is 5.78 Å². The highest BCUT2D eigenvalue weighted by Crippen LogP contribution is 2.20. The Morgan fingerprint density at radius 3 is 2.75 bits per heavy atom. The number of piperidine rings is 1. The molecule has 0 amide bonds. The molecule has 16 heavy (non-hydrogen) atoms. The summed E-state index contributed by atoms with van der Waals surface area (Å²) < 4.78 is 2.07. The number of rotatable bonds is 3. The highest BCUT2D eigenvalue weighted by atomic mass is 16.1. The molecule has 1 aliphatic heterocycles. The van der Waals surface area contributed by atoms with Crippen LogP contribution in [0.2, 0.25) is 0 Å². The fourth-order valence-electron chi connectivity index (χ4n) is 2.35. The molecule has 1 fully saturated rings. The number of hydrogen-bond donors (Lipinski definition) is 1. The van der Waals surface area contributed by atoms with Crippen molar-refractivity contribution >= 4 is 5.78 Å². The monoisotopic (exact) mass is 220 g/mol. The van der Waals surface area contributed by atoms with Crippen LogP contribution in [0.4, 0.5) is 0 Å². The van der Waals surface area contributed by atoms with Crippen LogP contribution in [0, 0.1) is 5.92 Å². The van der Waals surface area contributed by atoms with Gasteiger partial charge in [-0.25, -0.2) is 0 Å². The van der Waals surface area contributed by atoms with E-state index in [1.54, 1.807) is 0 Å². The van der Waals surface area contributed by atoms with Gasteiger partial charge >= 0.3 is 0 Å². The average Bonchev–Trinajstić information content (AvgIpc) is 2.78. The van der Waals surface area contributed by atoms with E-state index in [1.807, 2.05) is 18.3 Å². The van der Waals surface area contributed by atoms with Gasteiger partial charge in [-0.2, -0.15) is 0 Å². The molecule has 0 spiro atoms. The molecule has 0 unspecified atom stereocenters. The number of hydrogen-bond acceptors (Lipinski definition) is 2. The van der Waals surface area contributed by atoms with E-state index in [2.05, 4.69) is 23.7 Å². The van der Waals surface area contributed by atoms with E-state index in [-0.39, 0.29) is 5.92 Å². The summed E-state index contributed by atoms with van der Waals surface area (Å²) in [4.78, 5) is 12.3. The molecule has 1 N–H and O–H groups in total. The zero-order valence-electron chi connectivity index (χ0n) is 10.1. The van der Waals surface area contributed by atoms with E-state index >= 15 is 0 Å². The summed E-state index contributed by atoms with van der Waals surface area (Å²) in [6.07, 6.45) is 3.95. The predicted octanol–water partition coefficient (Wildman–Crippen LogP) is 2.25. The van der Waals surface area contributed by atoms with Crippen molar-refractivity contribution in [1.82, 2.24) is 9.88 Å². The molecule has 1 aromatic rings. The largest absolute Gasteiger partial charge is 0.343 e. The Morgan fingerprint density at radius 2 is 2.12 bits per heavy atom. The lowest BCUT2D eigenvalue weighted by atomic mass is 9.92. The van der Waals surface area contributed by atoms with Gasteiger partial charge in [0.1, 0.15) is 0 Å². The van der Waals surface area contributed by atoms with Crippen LogP contribution in [-0.2, 0) is 0 Å². The third-order valence-corrected chi connectivity index (χ3v) is 3.30. The third-order valence-electron chi connectivity index (χ3n) is 3.30. The number of nitrogens with zero attached hydrogens (tertiary/aromatic N) is 1. The van der Waals surface area contributed by atoms with Crippen LogP contribution in [0.15, 0.2) is 18.3 Å². The highest BCUT2D eigenvalue weighted by Gasteiger charge is 2.24. The first-order valence-electron chi connectivity index (χ1n) is 6.12. The second-order valence-corrected chi connectivity index (χ2v) is 4.78. The Hall–Kier alpha value is -1.09. The molecule has 3 nitrogen and oxygen atoms in total. The maximum Gasteiger partial charge on any atom is 0.182 e. The van der Waals surface area contributed by atoms with Crippen molar-refractivity contribution < 1.29 is 4.79 Å². The number of carbonyl (C=O) groups excluding carboxylic acids is 1. The molecule has 3 heteroatoms. The average molecular weight is 220 g/mol. The van der Waals surface area contributed by atoms with Gasteiger partial charge in [0, 0.05) is 18.2 Å². The smallest absolute Gasteiger partial charge is 0.182 e. The Morgan fingerprint density at radius 1 is 1.44 bits per heavy atom. The van der Waals surface area contributed by atoms with E-state index in [4.69, 9.17) is 0 Å². The first-order valence-corrected chi connectivity index (χ1v) is 6.12. The van der Waals surface area contributed by atoms with Gasteiger partial charge in [-0.15, -0.1) is 0 Å². The van der Waals surface area contributed by atoms with Gasteiger partial charge in [-0.1, -0.05) is 0 Å². The zero-order valence-corrected chi connectivity index (χ0v) is 10.1. The van der Waals surface area contributed by atoms with Crippen LogP contribution >= 0.6 is 0 Å². The molecule has 0 bridgehead atoms. The van der Waals surface area contributed by atoms with E-state index < -0.39 is 0 Å². The fraction of sp³-hybridized carbons (Fsp3) is 0.615. The van der Waals surface area contributed by atoms with Crippen LogP contribution in [0.1, 0.15) is 43.2 Å². The number of carbonyl (C=O) groups is 1. The molecule has 2 rings (SSSR count). The van der Waals surface area contributed by atoms with Crippen molar-refractivity contribution in [3.8, 4) is 0 Å². The molecule has 88 valence electrons.